The van der Waals surface area contributed by atoms with Crippen LogP contribution in [0.15, 0.2) is 0 Å². The highest BCUT2D eigenvalue weighted by atomic mass is 32.2. The van der Waals surface area contributed by atoms with Crippen LogP contribution in [-0.4, -0.2) is 35.3 Å². The van der Waals surface area contributed by atoms with Gasteiger partial charge in [-0.1, -0.05) is 6.92 Å². The number of carbonyl (C=O) groups is 2. The molecule has 0 aliphatic carbocycles. The fourth-order valence-corrected chi connectivity index (χ4v) is 2.00. The maximum atomic E-state index is 11.3. The van der Waals surface area contributed by atoms with Crippen molar-refractivity contribution in [3.63, 3.8) is 0 Å². The molecule has 18 heavy (non-hydrogen) atoms. The van der Waals surface area contributed by atoms with Crippen LogP contribution in [0.5, 0.6) is 0 Å². The molecule has 0 radical (unpaired) electrons. The van der Waals surface area contributed by atoms with Gasteiger partial charge in [-0.2, -0.15) is 0 Å². The molecule has 0 spiro atoms. The fraction of sp³-hybridized carbons (Fsp3) is 0.833. The van der Waals surface area contributed by atoms with Crippen molar-refractivity contribution in [3.8, 4) is 0 Å². The van der Waals surface area contributed by atoms with Gasteiger partial charge >= 0.3 is 6.09 Å². The molecular formula is C12H24N2O3S. The van der Waals surface area contributed by atoms with Crippen LogP contribution in [0.3, 0.4) is 0 Å². The van der Waals surface area contributed by atoms with Crippen molar-refractivity contribution < 1.29 is 14.3 Å². The average molecular weight is 276 g/mol. The summed E-state index contributed by atoms with van der Waals surface area (Å²) in [5, 5.41) is 5.55. The van der Waals surface area contributed by atoms with E-state index < -0.39 is 6.09 Å². The average Bonchev–Trinajstić information content (AvgIpc) is 2.24. The molecule has 2 N–H and O–H groups in total. The molecule has 0 fully saturated rings. The summed E-state index contributed by atoms with van der Waals surface area (Å²) in [5.74, 6) is 0.789. The molecule has 0 aromatic carbocycles. The molecule has 2 atom stereocenters. The summed E-state index contributed by atoms with van der Waals surface area (Å²) >= 11 is 1.57. The molecule has 0 aliphatic heterocycles. The second-order valence-corrected chi connectivity index (χ2v) is 5.77. The topological polar surface area (TPSA) is 67.4 Å². The molecule has 0 aromatic rings. The third kappa shape index (κ3) is 9.15. The summed E-state index contributed by atoms with van der Waals surface area (Å²) in [6.45, 7) is 9.26. The van der Waals surface area contributed by atoms with E-state index >= 15 is 0 Å². The molecule has 0 aromatic heterocycles. The Labute approximate surface area is 113 Å². The van der Waals surface area contributed by atoms with Crippen molar-refractivity contribution in [2.45, 2.75) is 58.6 Å². The first-order valence-electron chi connectivity index (χ1n) is 6.23. The minimum Gasteiger partial charge on any atom is -0.447 e. The number of alkyl carbamates (subject to hydrolysis) is 1. The second-order valence-electron chi connectivity index (χ2n) is 4.40. The van der Waals surface area contributed by atoms with E-state index in [0.29, 0.717) is 6.42 Å². The van der Waals surface area contributed by atoms with Crippen molar-refractivity contribution in [2.75, 3.05) is 5.75 Å². The molecule has 0 heterocycles. The predicted octanol–water partition coefficient (Wildman–Crippen LogP) is 2.11. The molecule has 2 unspecified atom stereocenters. The van der Waals surface area contributed by atoms with Crippen LogP contribution in [0.4, 0.5) is 4.79 Å². The Morgan fingerprint density at radius 3 is 2.28 bits per heavy atom. The van der Waals surface area contributed by atoms with Crippen LogP contribution < -0.4 is 10.6 Å². The number of hydrogen-bond acceptors (Lipinski definition) is 4. The van der Waals surface area contributed by atoms with Crippen molar-refractivity contribution in [3.05, 3.63) is 0 Å². The Hall–Kier alpha value is -0.910. The number of rotatable bonds is 7. The van der Waals surface area contributed by atoms with E-state index in [-0.39, 0.29) is 23.4 Å². The smallest absolute Gasteiger partial charge is 0.408 e. The summed E-state index contributed by atoms with van der Waals surface area (Å²) in [6, 6.07) is 0.0906. The van der Waals surface area contributed by atoms with Crippen LogP contribution in [0.2, 0.25) is 0 Å². The highest BCUT2D eigenvalue weighted by molar-refractivity contribution is 7.99. The fourth-order valence-electron chi connectivity index (χ4n) is 1.16. The van der Waals surface area contributed by atoms with E-state index in [1.54, 1.807) is 25.6 Å². The molecule has 6 heteroatoms. The Morgan fingerprint density at radius 2 is 1.78 bits per heavy atom. The Balaban J connectivity index is 3.78. The third-order valence-corrected chi connectivity index (χ3v) is 3.30. The van der Waals surface area contributed by atoms with E-state index in [2.05, 4.69) is 10.6 Å². The van der Waals surface area contributed by atoms with Crippen molar-refractivity contribution in [1.82, 2.24) is 10.6 Å². The monoisotopic (exact) mass is 276 g/mol. The molecule has 106 valence electrons. The van der Waals surface area contributed by atoms with E-state index in [4.69, 9.17) is 4.74 Å². The lowest BCUT2D eigenvalue weighted by Crippen LogP contribution is -2.36. The van der Waals surface area contributed by atoms with Crippen LogP contribution in [0.25, 0.3) is 0 Å². The zero-order valence-corrected chi connectivity index (χ0v) is 12.6. The zero-order valence-electron chi connectivity index (χ0n) is 11.8. The maximum Gasteiger partial charge on any atom is 0.408 e. The number of thioether (sulfide) groups is 1. The Bertz CT molecular complexity index is 272. The summed E-state index contributed by atoms with van der Waals surface area (Å²) in [6.07, 6.45) is -0.0380. The first-order chi connectivity index (χ1) is 8.35. The van der Waals surface area contributed by atoms with Gasteiger partial charge in [-0.15, -0.1) is 11.8 Å². The number of amides is 2. The van der Waals surface area contributed by atoms with Gasteiger partial charge in [-0.25, -0.2) is 4.79 Å². The van der Waals surface area contributed by atoms with Gasteiger partial charge in [0.05, 0.1) is 11.5 Å². The summed E-state index contributed by atoms with van der Waals surface area (Å²) < 4.78 is 4.98. The molecule has 0 saturated heterocycles. The van der Waals surface area contributed by atoms with Gasteiger partial charge in [0.2, 0.25) is 5.91 Å². The number of nitrogens with one attached hydrogen (secondary N) is 2. The van der Waals surface area contributed by atoms with Gasteiger partial charge in [0.25, 0.3) is 0 Å². The molecule has 5 nitrogen and oxygen atoms in total. The van der Waals surface area contributed by atoms with Gasteiger partial charge in [-0.3, -0.25) is 4.79 Å². The highest BCUT2D eigenvalue weighted by Gasteiger charge is 2.12. The van der Waals surface area contributed by atoms with E-state index in [0.717, 1.165) is 5.75 Å². The van der Waals surface area contributed by atoms with Crippen LogP contribution in [-0.2, 0) is 9.53 Å². The normalized spacial score (nSPS) is 13.9. The van der Waals surface area contributed by atoms with Crippen molar-refractivity contribution in [1.29, 1.82) is 0 Å². The minimum atomic E-state index is -0.407. The lowest BCUT2D eigenvalue weighted by atomic mass is 10.3. The van der Waals surface area contributed by atoms with Gasteiger partial charge in [-0.05, 0) is 27.7 Å². The highest BCUT2D eigenvalue weighted by Crippen LogP contribution is 2.09. The van der Waals surface area contributed by atoms with Crippen molar-refractivity contribution >= 4 is 23.8 Å². The second kappa shape index (κ2) is 9.08. The summed E-state index contributed by atoms with van der Waals surface area (Å²) in [4.78, 5) is 22.5. The van der Waals surface area contributed by atoms with E-state index in [9.17, 15) is 9.59 Å². The SMILES string of the molecule is CCC(=O)NC(C)CSC(C)NC(=O)OC(C)C. The summed E-state index contributed by atoms with van der Waals surface area (Å²) in [5.41, 5.74) is 0. The number of hydrogen-bond donors (Lipinski definition) is 2. The number of carbonyl (C=O) groups excluding carboxylic acids is 2. The minimum absolute atomic E-state index is 0.0442. The van der Waals surface area contributed by atoms with Crippen molar-refractivity contribution in [2.24, 2.45) is 0 Å². The third-order valence-electron chi connectivity index (χ3n) is 1.99. The molecule has 0 bridgehead atoms. The molecule has 0 aliphatic rings. The zero-order chi connectivity index (χ0) is 14.1. The van der Waals surface area contributed by atoms with Gasteiger partial charge in [0.1, 0.15) is 0 Å². The standard InChI is InChI=1S/C12H24N2O3S/c1-6-11(15)13-9(4)7-18-10(5)14-12(16)17-8(2)3/h8-10H,6-7H2,1-5H3,(H,13,15)(H,14,16). The van der Waals surface area contributed by atoms with Crippen LogP contribution >= 0.6 is 11.8 Å². The van der Waals surface area contributed by atoms with Gasteiger partial charge < -0.3 is 15.4 Å². The quantitative estimate of drug-likeness (QED) is 0.699. The molecule has 0 rings (SSSR count). The van der Waals surface area contributed by atoms with Gasteiger partial charge in [0, 0.05) is 18.2 Å². The lowest BCUT2D eigenvalue weighted by Gasteiger charge is -2.18. The molecular weight excluding hydrogens is 252 g/mol. The largest absolute Gasteiger partial charge is 0.447 e. The summed E-state index contributed by atoms with van der Waals surface area (Å²) in [7, 11) is 0. The van der Waals surface area contributed by atoms with E-state index in [1.807, 2.05) is 20.8 Å². The maximum absolute atomic E-state index is 11.3. The number of ether oxygens (including phenoxy) is 1. The lowest BCUT2D eigenvalue weighted by molar-refractivity contribution is -0.121. The van der Waals surface area contributed by atoms with E-state index in [1.165, 1.54) is 0 Å². The first kappa shape index (κ1) is 17.1. The Morgan fingerprint density at radius 1 is 1.17 bits per heavy atom. The van der Waals surface area contributed by atoms with Crippen LogP contribution in [0, 0.1) is 0 Å². The molecule has 0 saturated carbocycles. The first-order valence-corrected chi connectivity index (χ1v) is 7.28. The molecule has 2 amide bonds. The van der Waals surface area contributed by atoms with Crippen LogP contribution in [0.1, 0.15) is 41.0 Å². The predicted molar refractivity (Wildman–Crippen MR) is 74.6 cm³/mol. The van der Waals surface area contributed by atoms with Gasteiger partial charge in [0.15, 0.2) is 0 Å². The Kier molecular flexibility index (Phi) is 8.62.